The van der Waals surface area contributed by atoms with Crippen LogP contribution in [0.2, 0.25) is 0 Å². The molecule has 37 heavy (non-hydrogen) atoms. The van der Waals surface area contributed by atoms with Crippen molar-refractivity contribution in [3.05, 3.63) is 28.8 Å². The van der Waals surface area contributed by atoms with Crippen LogP contribution in [0.25, 0.3) is 0 Å². The predicted octanol–water partition coefficient (Wildman–Crippen LogP) is 5.93. The van der Waals surface area contributed by atoms with Gasteiger partial charge in [-0.1, -0.05) is 26.8 Å². The van der Waals surface area contributed by atoms with Gasteiger partial charge in [0, 0.05) is 0 Å². The Morgan fingerprint density at radius 3 is 2.19 bits per heavy atom. The van der Waals surface area contributed by atoms with Crippen molar-refractivity contribution in [1.29, 1.82) is 0 Å². The van der Waals surface area contributed by atoms with E-state index in [4.69, 9.17) is 14.5 Å². The van der Waals surface area contributed by atoms with Gasteiger partial charge < -0.3 is 24.9 Å². The number of ether oxygens (including phenoxy) is 1. The Morgan fingerprint density at radius 1 is 1.05 bits per heavy atom. The van der Waals surface area contributed by atoms with Gasteiger partial charge in [-0.15, -0.1) is 0 Å². The van der Waals surface area contributed by atoms with E-state index >= 15 is 0 Å². The normalized spacial score (nSPS) is 24.6. The largest absolute Gasteiger partial charge is 0.490 e. The number of phosphoric acid groups is 1. The highest BCUT2D eigenvalue weighted by Crippen LogP contribution is 2.47. The number of fused-ring (bicyclic) bond motifs is 1. The molecule has 1 amide bonds. The van der Waals surface area contributed by atoms with Gasteiger partial charge in [-0.2, -0.15) is 13.2 Å². The summed E-state index contributed by atoms with van der Waals surface area (Å²) in [7, 11) is -4.89. The first kappa shape index (κ1) is 29.7. The van der Waals surface area contributed by atoms with Crippen LogP contribution in [0.4, 0.5) is 18.0 Å². The number of hydrogen-bond acceptors (Lipinski definition) is 4. The number of benzene rings is 1. The minimum atomic E-state index is -4.89. The lowest BCUT2D eigenvalue weighted by Crippen LogP contribution is -2.55. The molecule has 3 rings (SSSR count). The van der Waals surface area contributed by atoms with Crippen LogP contribution in [0, 0.1) is 17.3 Å². The number of hydrogen-bond donors (Lipinski definition) is 4. The van der Waals surface area contributed by atoms with E-state index in [0.29, 0.717) is 24.3 Å². The first-order chi connectivity index (χ1) is 16.9. The van der Waals surface area contributed by atoms with Crippen LogP contribution < -0.4 is 10.1 Å². The van der Waals surface area contributed by atoms with E-state index in [1.165, 1.54) is 13.0 Å². The van der Waals surface area contributed by atoms with E-state index in [1.54, 1.807) is 6.07 Å². The number of carboxylic acid groups (broad SMARTS) is 1. The highest BCUT2D eigenvalue weighted by atomic mass is 31.2. The molecular formula is C25H37F3NO7P. The maximum Gasteiger partial charge on any atom is 0.469 e. The van der Waals surface area contributed by atoms with Crippen molar-refractivity contribution in [2.45, 2.75) is 90.5 Å². The van der Waals surface area contributed by atoms with Crippen molar-refractivity contribution in [2.75, 3.05) is 6.61 Å². The van der Waals surface area contributed by atoms with Crippen LogP contribution in [0.5, 0.6) is 5.75 Å². The SMILES string of the molecule is CC(C)(C)[C@H]1CC[C@H](Oc2ccc3c(c2C(F)(F)F)CC[C@H]([C@](C)(COP(=O)(O)O)NC(=O)O)C3)CC1. The van der Waals surface area contributed by atoms with Crippen LogP contribution in [0.3, 0.4) is 0 Å². The van der Waals surface area contributed by atoms with Gasteiger partial charge in [-0.05, 0) is 86.3 Å². The monoisotopic (exact) mass is 551 g/mol. The Balaban J connectivity index is 1.84. The second-order valence-corrected chi connectivity index (χ2v) is 12.8. The van der Waals surface area contributed by atoms with Crippen LogP contribution in [0.1, 0.15) is 76.5 Å². The summed E-state index contributed by atoms with van der Waals surface area (Å²) >= 11 is 0. The third kappa shape index (κ3) is 7.62. The minimum absolute atomic E-state index is 0.00953. The van der Waals surface area contributed by atoms with E-state index < -0.39 is 43.7 Å². The second kappa shape index (κ2) is 10.8. The molecule has 8 nitrogen and oxygen atoms in total. The lowest BCUT2D eigenvalue weighted by Gasteiger charge is -2.41. The van der Waals surface area contributed by atoms with Crippen molar-refractivity contribution in [1.82, 2.24) is 5.32 Å². The maximum absolute atomic E-state index is 14.3. The number of carbonyl (C=O) groups is 1. The Bertz CT molecular complexity index is 1030. The van der Waals surface area contributed by atoms with Gasteiger partial charge in [0.1, 0.15) is 11.3 Å². The summed E-state index contributed by atoms with van der Waals surface area (Å²) in [5, 5.41) is 11.5. The molecule has 0 aliphatic heterocycles. The zero-order valence-corrected chi connectivity index (χ0v) is 22.5. The molecule has 0 heterocycles. The van der Waals surface area contributed by atoms with Crippen molar-refractivity contribution in [2.24, 2.45) is 17.3 Å². The summed E-state index contributed by atoms with van der Waals surface area (Å²) in [6, 6.07) is 2.92. The quantitative estimate of drug-likeness (QED) is 0.310. The van der Waals surface area contributed by atoms with Crippen molar-refractivity contribution >= 4 is 13.9 Å². The van der Waals surface area contributed by atoms with Crippen LogP contribution >= 0.6 is 7.82 Å². The zero-order chi connectivity index (χ0) is 27.8. The van der Waals surface area contributed by atoms with E-state index in [-0.39, 0.29) is 42.1 Å². The van der Waals surface area contributed by atoms with Gasteiger partial charge in [0.2, 0.25) is 0 Å². The van der Waals surface area contributed by atoms with Crippen molar-refractivity contribution < 1.29 is 46.7 Å². The summed E-state index contributed by atoms with van der Waals surface area (Å²) in [6.07, 6.45) is -2.92. The van der Waals surface area contributed by atoms with Gasteiger partial charge in [-0.3, -0.25) is 4.52 Å². The fraction of sp³-hybridized carbons (Fsp3) is 0.720. The third-order valence-corrected chi connectivity index (χ3v) is 8.35. The van der Waals surface area contributed by atoms with Gasteiger partial charge in [0.25, 0.3) is 0 Å². The predicted molar refractivity (Wildman–Crippen MR) is 130 cm³/mol. The average molecular weight is 552 g/mol. The molecule has 12 heteroatoms. The van der Waals surface area contributed by atoms with E-state index in [2.05, 4.69) is 30.6 Å². The highest BCUT2D eigenvalue weighted by molar-refractivity contribution is 7.46. The average Bonchev–Trinajstić information content (AvgIpc) is 2.75. The van der Waals surface area contributed by atoms with Crippen LogP contribution in [-0.2, 0) is 28.1 Å². The van der Waals surface area contributed by atoms with Gasteiger partial charge in [-0.25, -0.2) is 9.36 Å². The molecule has 4 N–H and O–H groups in total. The summed E-state index contributed by atoms with van der Waals surface area (Å²) in [5.41, 5.74) is -1.55. The van der Waals surface area contributed by atoms with Crippen molar-refractivity contribution in [3.8, 4) is 5.75 Å². The zero-order valence-electron chi connectivity index (χ0n) is 21.6. The molecule has 0 saturated heterocycles. The van der Waals surface area contributed by atoms with Gasteiger partial charge in [0.05, 0.1) is 18.2 Å². The highest BCUT2D eigenvalue weighted by Gasteiger charge is 2.44. The van der Waals surface area contributed by atoms with E-state index in [0.717, 1.165) is 12.8 Å². The molecule has 1 aromatic carbocycles. The molecule has 1 aromatic rings. The lowest BCUT2D eigenvalue weighted by atomic mass is 9.72. The topological polar surface area (TPSA) is 125 Å². The van der Waals surface area contributed by atoms with Crippen LogP contribution in [0.15, 0.2) is 12.1 Å². The molecule has 0 radical (unpaired) electrons. The summed E-state index contributed by atoms with van der Waals surface area (Å²) in [5.74, 6) is -0.235. The number of nitrogens with one attached hydrogen (secondary N) is 1. The Morgan fingerprint density at radius 2 is 1.68 bits per heavy atom. The van der Waals surface area contributed by atoms with Crippen LogP contribution in [-0.4, -0.2) is 39.2 Å². The van der Waals surface area contributed by atoms with Gasteiger partial charge >= 0.3 is 20.1 Å². The second-order valence-electron chi connectivity index (χ2n) is 11.6. The molecule has 2 aliphatic rings. The Labute approximate surface area is 215 Å². The molecule has 0 spiro atoms. The molecule has 2 atom stereocenters. The standard InChI is InChI=1S/C25H37F3NO7P/c1-23(2,3)16-6-9-18(10-7-16)36-20-12-5-15-13-17(8-11-19(15)21(20)25(26,27)28)24(4,29-22(30)31)14-35-37(32,33)34/h5,12,16-18,29H,6-11,13-14H2,1-4H3,(H,30,31)(H2,32,33,34)/t16-,17-,18-,24-/m0/s1. The summed E-state index contributed by atoms with van der Waals surface area (Å²) in [6.45, 7) is 7.32. The van der Waals surface area contributed by atoms with Crippen molar-refractivity contribution in [3.63, 3.8) is 0 Å². The molecule has 0 unspecified atom stereocenters. The number of alkyl halides is 3. The number of halogens is 3. The fourth-order valence-electron chi connectivity index (χ4n) is 5.73. The van der Waals surface area contributed by atoms with E-state index in [9.17, 15) is 27.6 Å². The first-order valence-corrected chi connectivity index (χ1v) is 14.0. The van der Waals surface area contributed by atoms with Gasteiger partial charge in [0.15, 0.2) is 0 Å². The lowest BCUT2D eigenvalue weighted by molar-refractivity contribution is -0.140. The molecule has 0 aromatic heterocycles. The molecular weight excluding hydrogens is 514 g/mol. The summed E-state index contributed by atoms with van der Waals surface area (Å²) in [4.78, 5) is 29.6. The molecule has 1 saturated carbocycles. The third-order valence-electron chi connectivity index (χ3n) is 7.88. The smallest absolute Gasteiger partial charge is 0.469 e. The molecule has 0 bridgehead atoms. The Kier molecular flexibility index (Phi) is 8.64. The molecule has 1 fully saturated rings. The first-order valence-electron chi connectivity index (χ1n) is 12.5. The number of amides is 1. The Hall–Kier alpha value is -1.81. The molecule has 210 valence electrons. The number of rotatable bonds is 7. The fourth-order valence-corrected chi connectivity index (χ4v) is 6.17. The molecule has 2 aliphatic carbocycles. The minimum Gasteiger partial charge on any atom is -0.490 e. The summed E-state index contributed by atoms with van der Waals surface area (Å²) < 4.78 is 64.6. The number of phosphoric ester groups is 1. The van der Waals surface area contributed by atoms with E-state index in [1.807, 2.05) is 0 Å². The maximum atomic E-state index is 14.3.